The van der Waals surface area contributed by atoms with E-state index in [1.165, 1.54) is 27.8 Å². The van der Waals surface area contributed by atoms with Gasteiger partial charge in [-0.15, -0.1) is 11.3 Å². The van der Waals surface area contributed by atoms with Crippen molar-refractivity contribution in [3.63, 3.8) is 0 Å². The second kappa shape index (κ2) is 5.78. The fraction of sp³-hybridized carbons (Fsp3) is 0.375. The molecule has 2 aromatic rings. The van der Waals surface area contributed by atoms with Gasteiger partial charge in [0, 0.05) is 6.04 Å². The number of rotatable bonds is 5. The van der Waals surface area contributed by atoms with Crippen molar-refractivity contribution in [1.82, 2.24) is 5.32 Å². The molecule has 0 spiro atoms. The highest BCUT2D eigenvalue weighted by molar-refractivity contribution is 9.11. The average molecular weight is 336 g/mol. The molecular weight excluding hydrogens is 318 g/mol. The van der Waals surface area contributed by atoms with E-state index in [-0.39, 0.29) is 0 Å². The van der Waals surface area contributed by atoms with Gasteiger partial charge in [-0.05, 0) is 69.4 Å². The molecule has 0 saturated heterocycles. The van der Waals surface area contributed by atoms with Crippen LogP contribution in [0.5, 0.6) is 0 Å². The van der Waals surface area contributed by atoms with Gasteiger partial charge in [-0.2, -0.15) is 0 Å². The molecule has 0 radical (unpaired) electrons. The van der Waals surface area contributed by atoms with Crippen LogP contribution in [0.3, 0.4) is 0 Å². The summed E-state index contributed by atoms with van der Waals surface area (Å²) in [4.78, 5) is 0. The number of hydrogen-bond acceptors (Lipinski definition) is 2. The molecule has 1 nitrogen and oxygen atoms in total. The number of nitrogens with one attached hydrogen (secondary N) is 1. The van der Waals surface area contributed by atoms with Crippen molar-refractivity contribution in [2.24, 2.45) is 0 Å². The van der Waals surface area contributed by atoms with Gasteiger partial charge in [0.1, 0.15) is 0 Å². The first-order valence-electron chi connectivity index (χ1n) is 6.83. The number of hydrogen-bond donors (Lipinski definition) is 1. The molecule has 0 aliphatic heterocycles. The summed E-state index contributed by atoms with van der Waals surface area (Å²) < 4.78 is 1.22. The summed E-state index contributed by atoms with van der Waals surface area (Å²) in [5.74, 6) is 0.721. The van der Waals surface area contributed by atoms with Crippen LogP contribution in [0.4, 0.5) is 0 Å². The maximum absolute atomic E-state index is 3.63. The Labute approximate surface area is 127 Å². The van der Waals surface area contributed by atoms with Gasteiger partial charge in [-0.3, -0.25) is 0 Å². The third-order valence-electron chi connectivity index (χ3n) is 3.92. The van der Waals surface area contributed by atoms with E-state index in [4.69, 9.17) is 0 Å². The number of thiophene rings is 1. The first kappa shape index (κ1) is 13.3. The van der Waals surface area contributed by atoms with Crippen molar-refractivity contribution in [2.45, 2.75) is 31.7 Å². The zero-order valence-electron chi connectivity index (χ0n) is 11.0. The van der Waals surface area contributed by atoms with E-state index < -0.39 is 0 Å². The zero-order chi connectivity index (χ0) is 13.2. The molecule has 3 rings (SSSR count). The summed E-state index contributed by atoms with van der Waals surface area (Å²) >= 11 is 5.34. The molecule has 0 fully saturated rings. The molecule has 100 valence electrons. The maximum atomic E-state index is 3.63. The largest absolute Gasteiger partial charge is 0.310 e. The second-order valence-corrected chi connectivity index (χ2v) is 7.42. The molecule has 19 heavy (non-hydrogen) atoms. The van der Waals surface area contributed by atoms with E-state index >= 15 is 0 Å². The highest BCUT2D eigenvalue weighted by Gasteiger charge is 2.28. The van der Waals surface area contributed by atoms with Gasteiger partial charge in [0.25, 0.3) is 0 Å². The maximum Gasteiger partial charge on any atom is 0.0701 e. The van der Waals surface area contributed by atoms with Crippen molar-refractivity contribution in [2.75, 3.05) is 6.54 Å². The Bertz CT molecular complexity index is 563. The van der Waals surface area contributed by atoms with E-state index in [1.807, 2.05) is 0 Å². The Morgan fingerprint density at radius 3 is 2.95 bits per heavy atom. The van der Waals surface area contributed by atoms with E-state index in [0.717, 1.165) is 12.5 Å². The lowest BCUT2D eigenvalue weighted by Gasteiger charge is -2.33. The topological polar surface area (TPSA) is 12.0 Å². The number of fused-ring (bicyclic) bond motifs is 1. The van der Waals surface area contributed by atoms with Crippen molar-refractivity contribution in [1.29, 1.82) is 0 Å². The third kappa shape index (κ3) is 2.78. The van der Waals surface area contributed by atoms with Crippen LogP contribution >= 0.6 is 27.3 Å². The van der Waals surface area contributed by atoms with E-state index in [2.05, 4.69) is 63.9 Å². The first-order chi connectivity index (χ1) is 9.28. The molecule has 1 heterocycles. The van der Waals surface area contributed by atoms with Crippen molar-refractivity contribution >= 4 is 27.3 Å². The predicted molar refractivity (Wildman–Crippen MR) is 85.9 cm³/mol. The van der Waals surface area contributed by atoms with Crippen LogP contribution in [0.2, 0.25) is 0 Å². The molecule has 0 amide bonds. The van der Waals surface area contributed by atoms with Crippen LogP contribution in [-0.2, 0) is 6.42 Å². The zero-order valence-corrected chi connectivity index (χ0v) is 13.4. The fourth-order valence-electron chi connectivity index (χ4n) is 2.95. The molecule has 2 unspecified atom stereocenters. The van der Waals surface area contributed by atoms with Crippen LogP contribution in [0.15, 0.2) is 39.5 Å². The fourth-order valence-corrected chi connectivity index (χ4v) is 4.18. The molecule has 3 heteroatoms. The lowest BCUT2D eigenvalue weighted by atomic mass is 9.74. The summed E-state index contributed by atoms with van der Waals surface area (Å²) in [6, 6.07) is 11.6. The van der Waals surface area contributed by atoms with Gasteiger partial charge in [-0.25, -0.2) is 0 Å². The van der Waals surface area contributed by atoms with Crippen molar-refractivity contribution in [3.8, 4) is 0 Å². The first-order valence-corrected chi connectivity index (χ1v) is 8.50. The number of halogens is 1. The van der Waals surface area contributed by atoms with Gasteiger partial charge in [0.05, 0.1) is 3.79 Å². The summed E-state index contributed by atoms with van der Waals surface area (Å²) in [5, 5.41) is 5.89. The Hall–Kier alpha value is -0.640. The minimum absolute atomic E-state index is 0.478. The molecule has 1 aliphatic carbocycles. The quantitative estimate of drug-likeness (QED) is 0.820. The lowest BCUT2D eigenvalue weighted by molar-refractivity contribution is 0.436. The molecule has 1 aromatic carbocycles. The monoisotopic (exact) mass is 335 g/mol. The molecule has 1 aromatic heterocycles. The summed E-state index contributed by atoms with van der Waals surface area (Å²) in [7, 11) is 0. The molecule has 0 bridgehead atoms. The van der Waals surface area contributed by atoms with E-state index in [0.29, 0.717) is 6.04 Å². The van der Waals surface area contributed by atoms with Crippen LogP contribution in [-0.4, -0.2) is 6.54 Å². The molecule has 0 saturated carbocycles. The Morgan fingerprint density at radius 1 is 1.42 bits per heavy atom. The standard InChI is InChI=1S/C16H18BrNS/c1-2-18-15(13-9-16(17)19-10-13)8-12-7-11-5-3-4-6-14(11)12/h3-6,9-10,12,15,18H,2,7-8H2,1H3. The van der Waals surface area contributed by atoms with Crippen LogP contribution < -0.4 is 5.32 Å². The smallest absolute Gasteiger partial charge is 0.0701 e. The second-order valence-electron chi connectivity index (χ2n) is 5.13. The van der Waals surface area contributed by atoms with Crippen LogP contribution in [0.1, 0.15) is 42.0 Å². The molecule has 1 N–H and O–H groups in total. The molecule has 1 aliphatic rings. The summed E-state index contributed by atoms with van der Waals surface area (Å²) in [6.45, 7) is 3.20. The van der Waals surface area contributed by atoms with Gasteiger partial charge >= 0.3 is 0 Å². The Balaban J connectivity index is 1.73. The number of benzene rings is 1. The van der Waals surface area contributed by atoms with Crippen LogP contribution in [0, 0.1) is 0 Å². The van der Waals surface area contributed by atoms with Gasteiger partial charge in [-0.1, -0.05) is 31.2 Å². The average Bonchev–Trinajstić information content (AvgIpc) is 2.81. The normalized spacial score (nSPS) is 18.7. The SMILES string of the molecule is CCNC(CC1Cc2ccccc21)c1csc(Br)c1. The van der Waals surface area contributed by atoms with Crippen LogP contribution in [0.25, 0.3) is 0 Å². The van der Waals surface area contributed by atoms with Gasteiger partial charge < -0.3 is 5.32 Å². The lowest BCUT2D eigenvalue weighted by Crippen LogP contribution is -2.26. The van der Waals surface area contributed by atoms with Crippen molar-refractivity contribution < 1.29 is 0 Å². The highest BCUT2D eigenvalue weighted by atomic mass is 79.9. The van der Waals surface area contributed by atoms with E-state index in [9.17, 15) is 0 Å². The molecular formula is C16H18BrNS. The molecule has 2 atom stereocenters. The Morgan fingerprint density at radius 2 is 2.26 bits per heavy atom. The van der Waals surface area contributed by atoms with Crippen molar-refractivity contribution in [3.05, 3.63) is 56.2 Å². The predicted octanol–water partition coefficient (Wildman–Crippen LogP) is 4.89. The minimum Gasteiger partial charge on any atom is -0.310 e. The third-order valence-corrected chi connectivity index (χ3v) is 5.44. The summed E-state index contributed by atoms with van der Waals surface area (Å²) in [5.41, 5.74) is 4.51. The Kier molecular flexibility index (Phi) is 4.06. The highest BCUT2D eigenvalue weighted by Crippen LogP contribution is 2.41. The van der Waals surface area contributed by atoms with Gasteiger partial charge in [0.2, 0.25) is 0 Å². The minimum atomic E-state index is 0.478. The summed E-state index contributed by atoms with van der Waals surface area (Å²) in [6.07, 6.45) is 2.44. The van der Waals surface area contributed by atoms with Gasteiger partial charge in [0.15, 0.2) is 0 Å². The van der Waals surface area contributed by atoms with E-state index in [1.54, 1.807) is 16.9 Å².